The lowest BCUT2D eigenvalue weighted by molar-refractivity contribution is 0.0939. The van der Waals surface area contributed by atoms with Crippen molar-refractivity contribution < 1.29 is 9.00 Å². The molecule has 2 unspecified atom stereocenters. The highest BCUT2D eigenvalue weighted by atomic mass is 35.5. The maximum Gasteiger partial charge on any atom is 0.251 e. The van der Waals surface area contributed by atoms with Gasteiger partial charge in [-0.1, -0.05) is 11.6 Å². The third-order valence-corrected chi connectivity index (χ3v) is 3.62. The normalized spacial score (nSPS) is 13.9. The monoisotopic (exact) mass is 288 g/mol. The highest BCUT2D eigenvalue weighted by Gasteiger charge is 2.11. The van der Waals surface area contributed by atoms with E-state index in [2.05, 4.69) is 5.32 Å². The molecule has 4 nitrogen and oxygen atoms in total. The number of carbonyl (C=O) groups is 1. The van der Waals surface area contributed by atoms with E-state index in [0.29, 0.717) is 28.4 Å². The van der Waals surface area contributed by atoms with Crippen molar-refractivity contribution in [1.82, 2.24) is 5.32 Å². The fraction of sp³-hybridized carbons (Fsp3) is 0.417. The molecule has 100 valence electrons. The number of halogens is 1. The van der Waals surface area contributed by atoms with E-state index in [-0.39, 0.29) is 11.9 Å². The minimum absolute atomic E-state index is 0.0299. The maximum absolute atomic E-state index is 11.9. The molecule has 2 atom stereocenters. The summed E-state index contributed by atoms with van der Waals surface area (Å²) in [5, 5.41) is 3.19. The van der Waals surface area contributed by atoms with Crippen LogP contribution in [0.3, 0.4) is 0 Å². The second-order valence-corrected chi connectivity index (χ2v) is 6.14. The number of hydrogen-bond acceptors (Lipinski definition) is 3. The quantitative estimate of drug-likeness (QED) is 0.812. The smallest absolute Gasteiger partial charge is 0.251 e. The molecule has 0 aliphatic heterocycles. The minimum atomic E-state index is -0.841. The lowest BCUT2D eigenvalue weighted by atomic mass is 10.1. The van der Waals surface area contributed by atoms with Gasteiger partial charge in [-0.15, -0.1) is 0 Å². The van der Waals surface area contributed by atoms with Crippen molar-refractivity contribution >= 4 is 34.0 Å². The van der Waals surface area contributed by atoms with Gasteiger partial charge in [0.1, 0.15) is 0 Å². The zero-order valence-corrected chi connectivity index (χ0v) is 12.0. The van der Waals surface area contributed by atoms with Gasteiger partial charge in [-0.3, -0.25) is 9.00 Å². The number of hydrogen-bond donors (Lipinski definition) is 2. The van der Waals surface area contributed by atoms with Crippen LogP contribution in [0.4, 0.5) is 5.69 Å². The number of nitrogen functional groups attached to an aromatic ring is 1. The van der Waals surface area contributed by atoms with Gasteiger partial charge in [0.2, 0.25) is 0 Å². The van der Waals surface area contributed by atoms with Gasteiger partial charge in [0.05, 0.1) is 10.7 Å². The van der Waals surface area contributed by atoms with E-state index in [1.54, 1.807) is 18.4 Å². The summed E-state index contributed by atoms with van der Waals surface area (Å²) < 4.78 is 11.0. The van der Waals surface area contributed by atoms with Gasteiger partial charge in [-0.25, -0.2) is 0 Å². The van der Waals surface area contributed by atoms with Crippen LogP contribution in [0, 0.1) is 0 Å². The molecule has 0 aliphatic rings. The third kappa shape index (κ3) is 4.66. The zero-order chi connectivity index (χ0) is 13.7. The number of carbonyl (C=O) groups excluding carboxylic acids is 1. The van der Waals surface area contributed by atoms with E-state index in [0.717, 1.165) is 0 Å². The molecular weight excluding hydrogens is 272 g/mol. The maximum atomic E-state index is 11.9. The molecule has 0 aliphatic carbocycles. The second-order valence-electron chi connectivity index (χ2n) is 4.18. The van der Waals surface area contributed by atoms with Gasteiger partial charge in [0.15, 0.2) is 0 Å². The zero-order valence-electron chi connectivity index (χ0n) is 10.4. The van der Waals surface area contributed by atoms with Crippen molar-refractivity contribution in [3.63, 3.8) is 0 Å². The number of rotatable bonds is 5. The van der Waals surface area contributed by atoms with Gasteiger partial charge in [-0.2, -0.15) is 0 Å². The summed E-state index contributed by atoms with van der Waals surface area (Å²) in [6, 6.07) is 4.74. The van der Waals surface area contributed by atoms with E-state index in [4.69, 9.17) is 17.3 Å². The number of anilines is 1. The summed E-state index contributed by atoms with van der Waals surface area (Å²) in [4.78, 5) is 11.9. The van der Waals surface area contributed by atoms with Crippen LogP contribution in [0.5, 0.6) is 0 Å². The lowest BCUT2D eigenvalue weighted by Crippen LogP contribution is -2.33. The Kier molecular flexibility index (Phi) is 5.62. The molecule has 1 aromatic rings. The summed E-state index contributed by atoms with van der Waals surface area (Å²) in [6.07, 6.45) is 2.33. The third-order valence-electron chi connectivity index (χ3n) is 2.48. The first kappa shape index (κ1) is 15.0. The van der Waals surface area contributed by atoms with E-state index in [1.807, 2.05) is 6.92 Å². The van der Waals surface area contributed by atoms with Crippen LogP contribution in [0.2, 0.25) is 5.02 Å². The Morgan fingerprint density at radius 1 is 1.56 bits per heavy atom. The molecule has 0 saturated heterocycles. The molecular formula is C12H17ClN2O2S. The van der Waals surface area contributed by atoms with Crippen molar-refractivity contribution in [3.05, 3.63) is 28.8 Å². The van der Waals surface area contributed by atoms with E-state index in [9.17, 15) is 9.00 Å². The number of amides is 1. The van der Waals surface area contributed by atoms with E-state index in [1.165, 1.54) is 6.07 Å². The molecule has 1 amide bonds. The van der Waals surface area contributed by atoms with Crippen LogP contribution in [0.25, 0.3) is 0 Å². The second kappa shape index (κ2) is 6.75. The number of benzene rings is 1. The predicted molar refractivity (Wildman–Crippen MR) is 76.3 cm³/mol. The Labute approximate surface area is 114 Å². The van der Waals surface area contributed by atoms with Gasteiger partial charge in [0.25, 0.3) is 5.91 Å². The van der Waals surface area contributed by atoms with Gasteiger partial charge in [0, 0.05) is 34.4 Å². The van der Waals surface area contributed by atoms with Crippen LogP contribution >= 0.6 is 11.6 Å². The molecule has 0 aromatic heterocycles. The van der Waals surface area contributed by atoms with E-state index >= 15 is 0 Å². The van der Waals surface area contributed by atoms with Crippen molar-refractivity contribution in [2.45, 2.75) is 19.4 Å². The van der Waals surface area contributed by atoms with Gasteiger partial charge >= 0.3 is 0 Å². The Hall–Kier alpha value is -1.07. The fourth-order valence-corrected chi connectivity index (χ4v) is 2.26. The predicted octanol–water partition coefficient (Wildman–Crippen LogP) is 1.81. The average molecular weight is 289 g/mol. The molecule has 0 heterocycles. The first-order valence-electron chi connectivity index (χ1n) is 5.56. The molecule has 0 fully saturated rings. The molecule has 1 rings (SSSR count). The van der Waals surface area contributed by atoms with E-state index < -0.39 is 10.8 Å². The Bertz CT molecular complexity index is 465. The highest BCUT2D eigenvalue weighted by Crippen LogP contribution is 2.19. The van der Waals surface area contributed by atoms with Crippen LogP contribution in [0.1, 0.15) is 23.7 Å². The molecule has 0 radical (unpaired) electrons. The van der Waals surface area contributed by atoms with Crippen LogP contribution in [-0.2, 0) is 10.8 Å². The fourth-order valence-electron chi connectivity index (χ4n) is 1.39. The summed E-state index contributed by atoms with van der Waals surface area (Å²) >= 11 is 5.85. The molecule has 18 heavy (non-hydrogen) atoms. The minimum Gasteiger partial charge on any atom is -0.398 e. The standard InChI is InChI=1S/C12H17ClN2O2S/c1-8(5-6-18(2)17)15-12(16)9-3-4-11(14)10(13)7-9/h3-4,7-8H,5-6,14H2,1-2H3,(H,15,16). The highest BCUT2D eigenvalue weighted by molar-refractivity contribution is 7.84. The summed E-state index contributed by atoms with van der Waals surface area (Å²) in [5.41, 5.74) is 6.49. The number of nitrogens with two attached hydrogens (primary N) is 1. The first-order chi connectivity index (χ1) is 8.40. The number of nitrogens with one attached hydrogen (secondary N) is 1. The molecule has 0 bridgehead atoms. The molecule has 0 spiro atoms. The largest absolute Gasteiger partial charge is 0.398 e. The molecule has 3 N–H and O–H groups in total. The molecule has 6 heteroatoms. The van der Waals surface area contributed by atoms with Crippen molar-refractivity contribution in [2.75, 3.05) is 17.7 Å². The Morgan fingerprint density at radius 3 is 2.78 bits per heavy atom. The molecule has 1 aromatic carbocycles. The summed E-state index contributed by atoms with van der Waals surface area (Å²) in [6.45, 7) is 1.88. The SMILES string of the molecule is CC(CCS(C)=O)NC(=O)c1ccc(N)c(Cl)c1. The van der Waals surface area contributed by atoms with Crippen molar-refractivity contribution in [3.8, 4) is 0 Å². The Balaban J connectivity index is 2.59. The van der Waals surface area contributed by atoms with Crippen LogP contribution < -0.4 is 11.1 Å². The summed E-state index contributed by atoms with van der Waals surface area (Å²) in [7, 11) is -0.841. The van der Waals surface area contributed by atoms with Gasteiger partial charge < -0.3 is 11.1 Å². The lowest BCUT2D eigenvalue weighted by Gasteiger charge is -2.13. The van der Waals surface area contributed by atoms with Crippen LogP contribution in [-0.4, -0.2) is 28.2 Å². The topological polar surface area (TPSA) is 72.2 Å². The van der Waals surface area contributed by atoms with Crippen LogP contribution in [0.15, 0.2) is 18.2 Å². The Morgan fingerprint density at radius 2 is 2.22 bits per heavy atom. The molecule has 0 saturated carbocycles. The first-order valence-corrected chi connectivity index (χ1v) is 7.66. The van der Waals surface area contributed by atoms with Gasteiger partial charge in [-0.05, 0) is 31.5 Å². The average Bonchev–Trinajstić information content (AvgIpc) is 2.30. The summed E-state index contributed by atoms with van der Waals surface area (Å²) in [5.74, 6) is 0.371. The van der Waals surface area contributed by atoms with Crippen molar-refractivity contribution in [2.24, 2.45) is 0 Å². The van der Waals surface area contributed by atoms with Crippen molar-refractivity contribution in [1.29, 1.82) is 0 Å².